The number of benzene rings is 1. The molecular formula is C13H17N3. The van der Waals surface area contributed by atoms with Crippen molar-refractivity contribution in [3.63, 3.8) is 0 Å². The van der Waals surface area contributed by atoms with Gasteiger partial charge < -0.3 is 10.3 Å². The predicted molar refractivity (Wildman–Crippen MR) is 66.4 cm³/mol. The molecule has 0 saturated heterocycles. The van der Waals surface area contributed by atoms with Gasteiger partial charge >= 0.3 is 0 Å². The highest BCUT2D eigenvalue weighted by Crippen LogP contribution is 2.21. The maximum atomic E-state index is 5.86. The van der Waals surface area contributed by atoms with Crippen LogP contribution >= 0.6 is 0 Å². The summed E-state index contributed by atoms with van der Waals surface area (Å²) < 4.78 is 2.00. The van der Waals surface area contributed by atoms with Crippen molar-refractivity contribution >= 4 is 5.95 Å². The van der Waals surface area contributed by atoms with E-state index in [0.717, 1.165) is 5.69 Å². The van der Waals surface area contributed by atoms with Gasteiger partial charge in [0.1, 0.15) is 0 Å². The van der Waals surface area contributed by atoms with Crippen molar-refractivity contribution in [2.24, 2.45) is 0 Å². The van der Waals surface area contributed by atoms with Crippen molar-refractivity contribution < 1.29 is 0 Å². The maximum Gasteiger partial charge on any atom is 0.200 e. The molecule has 2 N–H and O–H groups in total. The largest absolute Gasteiger partial charge is 0.369 e. The molecule has 0 bridgehead atoms. The third-order valence-electron chi connectivity index (χ3n) is 2.86. The highest BCUT2D eigenvalue weighted by Gasteiger charge is 2.11. The first-order valence-electron chi connectivity index (χ1n) is 5.45. The number of hydrogen-bond acceptors (Lipinski definition) is 2. The Kier molecular flexibility index (Phi) is 2.69. The SMILES string of the molecule is Cc1ccc(C(C)n2cc(C)nc2N)cc1. The third-order valence-corrected chi connectivity index (χ3v) is 2.86. The summed E-state index contributed by atoms with van der Waals surface area (Å²) in [6.07, 6.45) is 1.99. The molecule has 84 valence electrons. The monoisotopic (exact) mass is 215 g/mol. The summed E-state index contributed by atoms with van der Waals surface area (Å²) in [5.41, 5.74) is 9.33. The van der Waals surface area contributed by atoms with E-state index in [1.807, 2.05) is 17.7 Å². The van der Waals surface area contributed by atoms with Gasteiger partial charge in [0.25, 0.3) is 0 Å². The Labute approximate surface area is 95.9 Å². The lowest BCUT2D eigenvalue weighted by atomic mass is 10.1. The molecule has 1 aromatic heterocycles. The summed E-state index contributed by atoms with van der Waals surface area (Å²) >= 11 is 0. The van der Waals surface area contributed by atoms with Crippen LogP contribution in [0.5, 0.6) is 0 Å². The fourth-order valence-corrected chi connectivity index (χ4v) is 1.85. The van der Waals surface area contributed by atoms with Gasteiger partial charge in [0.05, 0.1) is 11.7 Å². The Morgan fingerprint density at radius 3 is 2.31 bits per heavy atom. The van der Waals surface area contributed by atoms with E-state index in [4.69, 9.17) is 5.73 Å². The third kappa shape index (κ3) is 1.94. The van der Waals surface area contributed by atoms with Gasteiger partial charge in [0.15, 0.2) is 0 Å². The van der Waals surface area contributed by atoms with Crippen LogP contribution in [0.2, 0.25) is 0 Å². The van der Waals surface area contributed by atoms with Crippen molar-refractivity contribution in [3.05, 3.63) is 47.3 Å². The number of imidazole rings is 1. The summed E-state index contributed by atoms with van der Waals surface area (Å²) in [5, 5.41) is 0. The molecule has 3 heteroatoms. The molecule has 16 heavy (non-hydrogen) atoms. The topological polar surface area (TPSA) is 43.8 Å². The summed E-state index contributed by atoms with van der Waals surface area (Å²) in [6.45, 7) is 6.17. The smallest absolute Gasteiger partial charge is 0.200 e. The lowest BCUT2D eigenvalue weighted by molar-refractivity contribution is 0.648. The van der Waals surface area contributed by atoms with Crippen LogP contribution in [0.1, 0.15) is 29.8 Å². The van der Waals surface area contributed by atoms with E-state index < -0.39 is 0 Å². The number of nitrogens with two attached hydrogens (primary N) is 1. The Hall–Kier alpha value is -1.77. The lowest BCUT2D eigenvalue weighted by Gasteiger charge is -2.15. The standard InChI is InChI=1S/C13H17N3/c1-9-4-6-12(7-5-9)11(3)16-8-10(2)15-13(16)14/h4-8,11H,1-3H3,(H2,14,15). The van der Waals surface area contributed by atoms with Crippen LogP contribution in [0.4, 0.5) is 5.95 Å². The Morgan fingerprint density at radius 2 is 1.81 bits per heavy atom. The van der Waals surface area contributed by atoms with E-state index in [2.05, 4.69) is 43.1 Å². The second-order valence-corrected chi connectivity index (χ2v) is 4.23. The van der Waals surface area contributed by atoms with Crippen LogP contribution in [0, 0.1) is 13.8 Å². The lowest BCUT2D eigenvalue weighted by Crippen LogP contribution is -2.09. The van der Waals surface area contributed by atoms with E-state index in [1.54, 1.807) is 0 Å². The molecule has 0 aliphatic heterocycles. The van der Waals surface area contributed by atoms with E-state index in [-0.39, 0.29) is 6.04 Å². The van der Waals surface area contributed by atoms with E-state index >= 15 is 0 Å². The summed E-state index contributed by atoms with van der Waals surface area (Å²) in [4.78, 5) is 4.22. The number of rotatable bonds is 2. The van der Waals surface area contributed by atoms with E-state index in [1.165, 1.54) is 11.1 Å². The minimum atomic E-state index is 0.224. The van der Waals surface area contributed by atoms with E-state index in [9.17, 15) is 0 Å². The number of aryl methyl sites for hydroxylation is 2. The first-order chi connectivity index (χ1) is 7.58. The van der Waals surface area contributed by atoms with Gasteiger partial charge in [-0.05, 0) is 26.3 Å². The number of nitrogen functional groups attached to an aromatic ring is 1. The molecule has 3 nitrogen and oxygen atoms in total. The van der Waals surface area contributed by atoms with Gasteiger partial charge in [-0.2, -0.15) is 0 Å². The highest BCUT2D eigenvalue weighted by molar-refractivity contribution is 5.29. The van der Waals surface area contributed by atoms with Crippen LogP contribution in [0.25, 0.3) is 0 Å². The molecule has 0 saturated carbocycles. The van der Waals surface area contributed by atoms with Crippen LogP contribution in [0.3, 0.4) is 0 Å². The zero-order chi connectivity index (χ0) is 11.7. The number of aromatic nitrogens is 2. The molecule has 2 aromatic rings. The molecular weight excluding hydrogens is 198 g/mol. The van der Waals surface area contributed by atoms with Crippen LogP contribution in [-0.2, 0) is 0 Å². The molecule has 0 spiro atoms. The Bertz CT molecular complexity index is 482. The van der Waals surface area contributed by atoms with Gasteiger partial charge in [0.2, 0.25) is 5.95 Å². The van der Waals surface area contributed by atoms with Crippen LogP contribution in [-0.4, -0.2) is 9.55 Å². The molecule has 1 unspecified atom stereocenters. The van der Waals surface area contributed by atoms with Crippen LogP contribution < -0.4 is 5.73 Å². The van der Waals surface area contributed by atoms with Crippen molar-refractivity contribution in [2.45, 2.75) is 26.8 Å². The number of nitrogens with zero attached hydrogens (tertiary/aromatic N) is 2. The predicted octanol–water partition coefficient (Wildman–Crippen LogP) is 2.69. The highest BCUT2D eigenvalue weighted by atomic mass is 15.2. The van der Waals surface area contributed by atoms with Crippen molar-refractivity contribution in [1.82, 2.24) is 9.55 Å². The molecule has 0 aliphatic rings. The van der Waals surface area contributed by atoms with Gasteiger partial charge in [-0.15, -0.1) is 0 Å². The van der Waals surface area contributed by atoms with Gasteiger partial charge in [-0.25, -0.2) is 4.98 Å². The molecule has 0 aliphatic carbocycles. The molecule has 0 radical (unpaired) electrons. The zero-order valence-corrected chi connectivity index (χ0v) is 9.94. The molecule has 1 heterocycles. The second-order valence-electron chi connectivity index (χ2n) is 4.23. The fraction of sp³-hybridized carbons (Fsp3) is 0.308. The van der Waals surface area contributed by atoms with Crippen molar-refractivity contribution in [2.75, 3.05) is 5.73 Å². The first kappa shape index (κ1) is 10.7. The maximum absolute atomic E-state index is 5.86. The number of hydrogen-bond donors (Lipinski definition) is 1. The quantitative estimate of drug-likeness (QED) is 0.837. The minimum Gasteiger partial charge on any atom is -0.369 e. The minimum absolute atomic E-state index is 0.224. The Balaban J connectivity index is 2.35. The van der Waals surface area contributed by atoms with Crippen molar-refractivity contribution in [1.29, 1.82) is 0 Å². The van der Waals surface area contributed by atoms with E-state index in [0.29, 0.717) is 5.95 Å². The first-order valence-corrected chi connectivity index (χ1v) is 5.45. The van der Waals surface area contributed by atoms with Gasteiger partial charge in [0, 0.05) is 6.20 Å². The fourth-order valence-electron chi connectivity index (χ4n) is 1.85. The summed E-state index contributed by atoms with van der Waals surface area (Å²) in [7, 11) is 0. The zero-order valence-electron chi connectivity index (χ0n) is 9.94. The molecule has 1 aromatic carbocycles. The molecule has 0 fully saturated rings. The van der Waals surface area contributed by atoms with Gasteiger partial charge in [-0.3, -0.25) is 0 Å². The summed E-state index contributed by atoms with van der Waals surface area (Å²) in [5.74, 6) is 0.575. The Morgan fingerprint density at radius 1 is 1.19 bits per heavy atom. The molecule has 1 atom stereocenters. The van der Waals surface area contributed by atoms with Crippen molar-refractivity contribution in [3.8, 4) is 0 Å². The summed E-state index contributed by atoms with van der Waals surface area (Å²) in [6, 6.07) is 8.73. The van der Waals surface area contributed by atoms with Crippen LogP contribution in [0.15, 0.2) is 30.5 Å². The average molecular weight is 215 g/mol. The molecule has 2 rings (SSSR count). The average Bonchev–Trinajstić information content (AvgIpc) is 2.58. The van der Waals surface area contributed by atoms with Gasteiger partial charge in [-0.1, -0.05) is 29.8 Å². The molecule has 0 amide bonds. The normalized spacial score (nSPS) is 12.7. The number of anilines is 1. The second kappa shape index (κ2) is 4.00.